The number of benzene rings is 1. The van der Waals surface area contributed by atoms with E-state index in [1.165, 1.54) is 0 Å². The quantitative estimate of drug-likeness (QED) is 0.402. The molecule has 7 heteroatoms. The molecular weight excluding hydrogens is 275 g/mol. The minimum atomic E-state index is -1.48. The normalized spacial score (nSPS) is 10.8. The van der Waals surface area contributed by atoms with Crippen molar-refractivity contribution in [1.82, 2.24) is 0 Å². The molecule has 0 aromatic heterocycles. The molecule has 1 aromatic carbocycles. The summed E-state index contributed by atoms with van der Waals surface area (Å²) in [6, 6.07) is 7.06. The molecule has 0 aliphatic rings. The van der Waals surface area contributed by atoms with Crippen LogP contribution in [-0.2, 0) is 25.6 Å². The average molecular weight is 298 g/mol. The second kappa shape index (κ2) is 11.7. The van der Waals surface area contributed by atoms with Crippen LogP contribution in [0.3, 0.4) is 0 Å². The van der Waals surface area contributed by atoms with Crippen molar-refractivity contribution in [1.29, 1.82) is 0 Å². The van der Waals surface area contributed by atoms with E-state index in [4.69, 9.17) is 18.9 Å². The summed E-state index contributed by atoms with van der Waals surface area (Å²) in [6.07, 6.45) is 0. The van der Waals surface area contributed by atoms with E-state index in [1.54, 1.807) is 25.3 Å². The van der Waals surface area contributed by atoms with Crippen LogP contribution in [0.4, 0.5) is 0 Å². The van der Waals surface area contributed by atoms with Crippen LogP contribution >= 0.6 is 0 Å². The van der Waals surface area contributed by atoms with Crippen LogP contribution in [0.15, 0.2) is 24.3 Å². The maximum Gasteiger partial charge on any atom is 0.488 e. The van der Waals surface area contributed by atoms with Crippen molar-refractivity contribution in [3.63, 3.8) is 0 Å². The Morgan fingerprint density at radius 2 is 1.43 bits per heavy atom. The molecular formula is C14H23BO6. The molecule has 0 amide bonds. The van der Waals surface area contributed by atoms with E-state index in [0.29, 0.717) is 51.7 Å². The molecule has 1 rings (SSSR count). The summed E-state index contributed by atoms with van der Waals surface area (Å²) in [6.45, 7) is 3.42. The smallest absolute Gasteiger partial charge is 0.423 e. The van der Waals surface area contributed by atoms with E-state index in [1.807, 2.05) is 6.07 Å². The summed E-state index contributed by atoms with van der Waals surface area (Å²) >= 11 is 0. The number of hydrogen-bond donors (Lipinski definition) is 2. The number of methoxy groups -OCH3 is 1. The molecule has 0 unspecified atom stereocenters. The highest BCUT2D eigenvalue weighted by molar-refractivity contribution is 6.59. The van der Waals surface area contributed by atoms with Crippen molar-refractivity contribution >= 4 is 12.6 Å². The topological polar surface area (TPSA) is 77.4 Å². The summed E-state index contributed by atoms with van der Waals surface area (Å²) in [4.78, 5) is 0. The molecule has 0 radical (unpaired) electrons. The molecule has 0 atom stereocenters. The summed E-state index contributed by atoms with van der Waals surface area (Å²) in [5.41, 5.74) is 1.22. The van der Waals surface area contributed by atoms with Gasteiger partial charge in [-0.05, 0) is 11.0 Å². The first-order valence-electron chi connectivity index (χ1n) is 6.91. The Morgan fingerprint density at radius 3 is 2.05 bits per heavy atom. The molecule has 118 valence electrons. The highest BCUT2D eigenvalue weighted by Crippen LogP contribution is 1.99. The summed E-state index contributed by atoms with van der Waals surface area (Å²) in [7, 11) is 0.149. The van der Waals surface area contributed by atoms with Crippen molar-refractivity contribution in [3.8, 4) is 0 Å². The molecule has 0 saturated heterocycles. The highest BCUT2D eigenvalue weighted by Gasteiger charge is 2.14. The molecule has 0 heterocycles. The molecule has 0 bridgehead atoms. The lowest BCUT2D eigenvalue weighted by Gasteiger charge is -2.10. The predicted octanol–water partition coefficient (Wildman–Crippen LogP) is -0.437. The lowest BCUT2D eigenvalue weighted by molar-refractivity contribution is 0.000941. The first kappa shape index (κ1) is 18.1. The van der Waals surface area contributed by atoms with Gasteiger partial charge in [0.05, 0.1) is 46.2 Å². The van der Waals surface area contributed by atoms with Crippen molar-refractivity contribution in [2.45, 2.75) is 6.61 Å². The Balaban J connectivity index is 2.04. The van der Waals surface area contributed by atoms with Crippen LogP contribution < -0.4 is 5.46 Å². The van der Waals surface area contributed by atoms with Crippen molar-refractivity contribution in [2.24, 2.45) is 0 Å². The molecule has 21 heavy (non-hydrogen) atoms. The first-order valence-corrected chi connectivity index (χ1v) is 6.91. The highest BCUT2D eigenvalue weighted by atomic mass is 16.6. The van der Waals surface area contributed by atoms with E-state index < -0.39 is 7.12 Å². The standard InChI is InChI=1S/C14H23BO6/c1-18-6-7-19-8-9-20-10-11-21-12-13-4-2-3-5-14(13)15(16)17/h2-5,16-17H,6-12H2,1H3. The molecule has 0 fully saturated rings. The molecule has 0 aliphatic heterocycles. The van der Waals surface area contributed by atoms with Crippen LogP contribution in [0.1, 0.15) is 5.56 Å². The third-order valence-corrected chi connectivity index (χ3v) is 2.77. The van der Waals surface area contributed by atoms with Gasteiger partial charge >= 0.3 is 7.12 Å². The van der Waals surface area contributed by atoms with Gasteiger partial charge in [-0.1, -0.05) is 24.3 Å². The van der Waals surface area contributed by atoms with Gasteiger partial charge in [-0.3, -0.25) is 0 Å². The summed E-state index contributed by atoms with van der Waals surface area (Å²) in [5, 5.41) is 18.4. The molecule has 0 saturated carbocycles. The Bertz CT molecular complexity index is 374. The average Bonchev–Trinajstić information content (AvgIpc) is 2.49. The van der Waals surface area contributed by atoms with Crippen LogP contribution in [0.5, 0.6) is 0 Å². The maximum atomic E-state index is 9.22. The van der Waals surface area contributed by atoms with Gasteiger partial charge in [-0.2, -0.15) is 0 Å². The van der Waals surface area contributed by atoms with E-state index in [0.717, 1.165) is 5.56 Å². The first-order chi connectivity index (χ1) is 10.3. The lowest BCUT2D eigenvalue weighted by atomic mass is 9.77. The van der Waals surface area contributed by atoms with Crippen molar-refractivity contribution < 1.29 is 29.0 Å². The number of ether oxygens (including phenoxy) is 4. The van der Waals surface area contributed by atoms with Crippen LogP contribution in [0.2, 0.25) is 0 Å². The fraction of sp³-hybridized carbons (Fsp3) is 0.571. The Hall–Kier alpha value is -0.955. The van der Waals surface area contributed by atoms with Gasteiger partial charge in [0.2, 0.25) is 0 Å². The van der Waals surface area contributed by atoms with Crippen molar-refractivity contribution in [3.05, 3.63) is 29.8 Å². The molecule has 1 aromatic rings. The number of hydrogen-bond acceptors (Lipinski definition) is 6. The van der Waals surface area contributed by atoms with Crippen LogP contribution in [0, 0.1) is 0 Å². The van der Waals surface area contributed by atoms with E-state index in [2.05, 4.69) is 0 Å². The van der Waals surface area contributed by atoms with Gasteiger partial charge in [0.25, 0.3) is 0 Å². The van der Waals surface area contributed by atoms with E-state index >= 15 is 0 Å². The Labute approximate surface area is 125 Å². The van der Waals surface area contributed by atoms with E-state index in [9.17, 15) is 10.0 Å². The zero-order valence-corrected chi connectivity index (χ0v) is 12.4. The largest absolute Gasteiger partial charge is 0.488 e. The van der Waals surface area contributed by atoms with Gasteiger partial charge in [-0.25, -0.2) is 0 Å². The second-order valence-electron chi connectivity index (χ2n) is 4.34. The summed E-state index contributed by atoms with van der Waals surface area (Å²) < 4.78 is 20.9. The van der Waals surface area contributed by atoms with Gasteiger partial charge in [-0.15, -0.1) is 0 Å². The molecule has 0 aliphatic carbocycles. The zero-order chi connectivity index (χ0) is 15.3. The lowest BCUT2D eigenvalue weighted by Crippen LogP contribution is -2.33. The van der Waals surface area contributed by atoms with Gasteiger partial charge < -0.3 is 29.0 Å². The molecule has 2 N–H and O–H groups in total. The van der Waals surface area contributed by atoms with Crippen LogP contribution in [0.25, 0.3) is 0 Å². The third kappa shape index (κ3) is 8.16. The zero-order valence-electron chi connectivity index (χ0n) is 12.4. The van der Waals surface area contributed by atoms with E-state index in [-0.39, 0.29) is 0 Å². The number of rotatable bonds is 12. The molecule has 6 nitrogen and oxygen atoms in total. The second-order valence-corrected chi connectivity index (χ2v) is 4.34. The fourth-order valence-electron chi connectivity index (χ4n) is 1.68. The van der Waals surface area contributed by atoms with Crippen LogP contribution in [-0.4, -0.2) is 63.9 Å². The third-order valence-electron chi connectivity index (χ3n) is 2.77. The SMILES string of the molecule is COCCOCCOCCOCc1ccccc1B(O)O. The minimum Gasteiger partial charge on any atom is -0.423 e. The Morgan fingerprint density at radius 1 is 0.857 bits per heavy atom. The van der Waals surface area contributed by atoms with Gasteiger partial charge in [0, 0.05) is 7.11 Å². The monoisotopic (exact) mass is 298 g/mol. The predicted molar refractivity (Wildman–Crippen MR) is 79.4 cm³/mol. The minimum absolute atomic E-state index is 0.321. The fourth-order valence-corrected chi connectivity index (χ4v) is 1.68. The van der Waals surface area contributed by atoms with Gasteiger partial charge in [0.15, 0.2) is 0 Å². The van der Waals surface area contributed by atoms with Crippen molar-refractivity contribution in [2.75, 3.05) is 46.8 Å². The molecule has 0 spiro atoms. The summed E-state index contributed by atoms with van der Waals surface area (Å²) in [5.74, 6) is 0. The van der Waals surface area contributed by atoms with Gasteiger partial charge in [0.1, 0.15) is 0 Å². The maximum absolute atomic E-state index is 9.22. The Kier molecular flexibility index (Phi) is 10.1.